The van der Waals surface area contributed by atoms with Gasteiger partial charge in [0.2, 0.25) is 5.91 Å². The van der Waals surface area contributed by atoms with E-state index < -0.39 is 24.1 Å². The Morgan fingerprint density at radius 2 is 2.09 bits per heavy atom. The molecule has 1 aliphatic carbocycles. The summed E-state index contributed by atoms with van der Waals surface area (Å²) in [6, 6.07) is 6.96. The van der Waals surface area contributed by atoms with Crippen molar-refractivity contribution in [3.05, 3.63) is 45.9 Å². The van der Waals surface area contributed by atoms with Gasteiger partial charge in [-0.2, -0.15) is 0 Å². The van der Waals surface area contributed by atoms with Crippen LogP contribution in [0.25, 0.3) is 0 Å². The van der Waals surface area contributed by atoms with E-state index >= 15 is 0 Å². The molecule has 0 radical (unpaired) electrons. The molecule has 1 aliphatic heterocycles. The Morgan fingerprint density at radius 1 is 1.29 bits per heavy atom. The van der Waals surface area contributed by atoms with Crippen LogP contribution >= 0.6 is 11.3 Å². The van der Waals surface area contributed by atoms with Crippen LogP contribution in [0.3, 0.4) is 0 Å². The number of esters is 1. The van der Waals surface area contributed by atoms with Crippen molar-refractivity contribution in [1.82, 2.24) is 15.2 Å². The van der Waals surface area contributed by atoms with Gasteiger partial charge >= 0.3 is 12.0 Å². The number of benzene rings is 1. The maximum atomic E-state index is 13.0. The number of aromatic nitrogens is 1. The second kappa shape index (κ2) is 9.92. The van der Waals surface area contributed by atoms with Crippen molar-refractivity contribution in [2.24, 2.45) is 5.92 Å². The molecular formula is C24H28N4O5S. The van der Waals surface area contributed by atoms with Gasteiger partial charge in [0.15, 0.2) is 0 Å². The predicted octanol–water partition coefficient (Wildman–Crippen LogP) is 3.18. The van der Waals surface area contributed by atoms with Crippen molar-refractivity contribution in [3.8, 4) is 0 Å². The Morgan fingerprint density at radius 3 is 2.85 bits per heavy atom. The molecule has 1 saturated heterocycles. The number of hydrogen-bond donors (Lipinski definition) is 2. The van der Waals surface area contributed by atoms with E-state index in [1.807, 2.05) is 38.1 Å². The van der Waals surface area contributed by atoms with Crippen LogP contribution in [0.1, 0.15) is 48.9 Å². The minimum Gasteiger partial charge on any atom is -0.458 e. The van der Waals surface area contributed by atoms with Gasteiger partial charge in [0.1, 0.15) is 23.7 Å². The summed E-state index contributed by atoms with van der Waals surface area (Å²) in [5.41, 5.74) is 1.32. The van der Waals surface area contributed by atoms with Crippen LogP contribution in [0, 0.1) is 12.8 Å². The van der Waals surface area contributed by atoms with Crippen molar-refractivity contribution >= 4 is 40.8 Å². The second-order valence-electron chi connectivity index (χ2n) is 8.87. The lowest BCUT2D eigenvalue weighted by atomic mass is 9.73. The Balaban J connectivity index is 1.27. The summed E-state index contributed by atoms with van der Waals surface area (Å²) in [6.45, 7) is 3.34. The quantitative estimate of drug-likeness (QED) is 0.460. The maximum Gasteiger partial charge on any atom is 0.326 e. The van der Waals surface area contributed by atoms with Crippen LogP contribution < -0.4 is 10.6 Å². The summed E-state index contributed by atoms with van der Waals surface area (Å²) in [7, 11) is 0. The van der Waals surface area contributed by atoms with Crippen LogP contribution in [0.2, 0.25) is 0 Å². The van der Waals surface area contributed by atoms with Crippen molar-refractivity contribution in [2.45, 2.75) is 58.1 Å². The molecule has 2 heterocycles. The molecular weight excluding hydrogens is 456 g/mol. The number of aryl methyl sites for hydroxylation is 1. The average molecular weight is 485 g/mol. The Hall–Kier alpha value is -3.27. The normalized spacial score (nSPS) is 22.1. The number of urea groups is 1. The number of nitrogens with zero attached hydrogens (tertiary/aromatic N) is 2. The van der Waals surface area contributed by atoms with Crippen molar-refractivity contribution in [3.63, 3.8) is 0 Å². The van der Waals surface area contributed by atoms with E-state index in [2.05, 4.69) is 15.6 Å². The van der Waals surface area contributed by atoms with Gasteiger partial charge in [-0.1, -0.05) is 38.0 Å². The van der Waals surface area contributed by atoms with E-state index in [1.165, 1.54) is 11.3 Å². The van der Waals surface area contributed by atoms with Crippen molar-refractivity contribution < 1.29 is 23.9 Å². The van der Waals surface area contributed by atoms with E-state index in [1.54, 1.807) is 5.38 Å². The molecule has 2 aromatic rings. The van der Waals surface area contributed by atoms with E-state index in [9.17, 15) is 19.2 Å². The first-order valence-corrected chi connectivity index (χ1v) is 12.2. The van der Waals surface area contributed by atoms with Gasteiger partial charge in [0.25, 0.3) is 5.91 Å². The summed E-state index contributed by atoms with van der Waals surface area (Å²) in [6.07, 6.45) is 3.44. The number of imide groups is 1. The highest BCUT2D eigenvalue weighted by atomic mass is 32.1. The second-order valence-corrected chi connectivity index (χ2v) is 9.82. The maximum absolute atomic E-state index is 13.0. The first kappa shape index (κ1) is 23.9. The smallest absolute Gasteiger partial charge is 0.326 e. The largest absolute Gasteiger partial charge is 0.458 e. The lowest BCUT2D eigenvalue weighted by Crippen LogP contribution is -2.54. The minimum absolute atomic E-state index is 0.0233. The third-order valence-electron chi connectivity index (χ3n) is 6.50. The van der Waals surface area contributed by atoms with Gasteiger partial charge in [0, 0.05) is 11.1 Å². The molecule has 2 N–H and O–H groups in total. The zero-order valence-electron chi connectivity index (χ0n) is 19.3. The van der Waals surface area contributed by atoms with Gasteiger partial charge in [-0.05, 0) is 37.3 Å². The fourth-order valence-electron chi connectivity index (χ4n) is 4.51. The highest BCUT2D eigenvalue weighted by Crippen LogP contribution is 2.38. The van der Waals surface area contributed by atoms with E-state index in [4.69, 9.17) is 4.74 Å². The predicted molar refractivity (Wildman–Crippen MR) is 126 cm³/mol. The number of carbonyl (C=O) groups excluding carboxylic acids is 4. The molecule has 4 rings (SSSR count). The number of amides is 4. The molecule has 1 spiro atoms. The zero-order valence-corrected chi connectivity index (χ0v) is 20.1. The summed E-state index contributed by atoms with van der Waals surface area (Å²) >= 11 is 1.30. The summed E-state index contributed by atoms with van der Waals surface area (Å²) in [5.74, 6) is -1.19. The van der Waals surface area contributed by atoms with Gasteiger partial charge < -0.3 is 15.4 Å². The number of para-hydroxylation sites is 1. The van der Waals surface area contributed by atoms with Crippen LogP contribution in [0.15, 0.2) is 29.6 Å². The van der Waals surface area contributed by atoms with Gasteiger partial charge in [-0.25, -0.2) is 9.78 Å². The van der Waals surface area contributed by atoms with Crippen LogP contribution in [-0.4, -0.2) is 45.8 Å². The Labute approximate surface area is 201 Å². The zero-order chi connectivity index (χ0) is 24.3. The molecule has 4 amide bonds. The molecule has 180 valence electrons. The molecule has 10 heteroatoms. The van der Waals surface area contributed by atoms with Crippen molar-refractivity contribution in [1.29, 1.82) is 0 Å². The molecule has 1 saturated carbocycles. The number of anilines is 1. The standard InChI is InChI=1S/C24H28N4O5S/c1-15-7-3-4-9-18(15)26-19(29)11-20-25-17(14-34-20)13-33-21(30)12-28-22(31)24(27-23(28)32)10-6-5-8-16(24)2/h3-4,7,9,14,16H,5-6,8,10-13H2,1-2H3,(H,26,29)(H,27,32)/t16-,24-/m1/s1. The number of hydrogen-bond acceptors (Lipinski definition) is 7. The summed E-state index contributed by atoms with van der Waals surface area (Å²) in [4.78, 5) is 55.3. The van der Waals surface area contributed by atoms with Crippen LogP contribution in [0.4, 0.5) is 10.5 Å². The molecule has 0 unspecified atom stereocenters. The topological polar surface area (TPSA) is 118 Å². The number of rotatable bonds is 7. The number of ether oxygens (including phenoxy) is 1. The molecule has 0 bridgehead atoms. The third kappa shape index (κ3) is 4.96. The molecule has 1 aromatic heterocycles. The van der Waals surface area contributed by atoms with Gasteiger partial charge in [0.05, 0.1) is 12.1 Å². The first-order chi connectivity index (χ1) is 16.3. The van der Waals surface area contributed by atoms with Crippen LogP contribution in [-0.2, 0) is 32.1 Å². The number of carbonyl (C=O) groups is 4. The Bertz CT molecular complexity index is 1120. The fraction of sp³-hybridized carbons (Fsp3) is 0.458. The van der Waals surface area contributed by atoms with E-state index in [0.29, 0.717) is 17.1 Å². The molecule has 2 aliphatic rings. The lowest BCUT2D eigenvalue weighted by molar-refractivity contribution is -0.149. The minimum atomic E-state index is -0.904. The fourth-order valence-corrected chi connectivity index (χ4v) is 5.29. The summed E-state index contributed by atoms with van der Waals surface area (Å²) < 4.78 is 5.25. The van der Waals surface area contributed by atoms with E-state index in [0.717, 1.165) is 35.4 Å². The number of nitrogens with one attached hydrogen (secondary N) is 2. The monoisotopic (exact) mass is 484 g/mol. The van der Waals surface area contributed by atoms with E-state index in [-0.39, 0.29) is 30.8 Å². The van der Waals surface area contributed by atoms with Crippen LogP contribution in [0.5, 0.6) is 0 Å². The molecule has 2 fully saturated rings. The van der Waals surface area contributed by atoms with Gasteiger partial charge in [-0.15, -0.1) is 11.3 Å². The lowest BCUT2D eigenvalue weighted by Gasteiger charge is -2.36. The third-order valence-corrected chi connectivity index (χ3v) is 7.40. The van der Waals surface area contributed by atoms with Crippen molar-refractivity contribution in [2.75, 3.05) is 11.9 Å². The highest BCUT2D eigenvalue weighted by Gasteiger charge is 2.55. The van der Waals surface area contributed by atoms with Gasteiger partial charge in [-0.3, -0.25) is 19.3 Å². The molecule has 9 nitrogen and oxygen atoms in total. The summed E-state index contributed by atoms with van der Waals surface area (Å²) in [5, 5.41) is 8.00. The Kier molecular flexibility index (Phi) is 6.97. The first-order valence-electron chi connectivity index (χ1n) is 11.4. The molecule has 1 aromatic carbocycles. The molecule has 2 atom stereocenters. The highest BCUT2D eigenvalue weighted by molar-refractivity contribution is 7.09. The molecule has 34 heavy (non-hydrogen) atoms. The number of thiazole rings is 1. The SMILES string of the molecule is Cc1ccccc1NC(=O)Cc1nc(COC(=O)CN2C(=O)N[C@@]3(CCCC[C@H]3C)C2=O)cs1. The average Bonchev–Trinajstić information content (AvgIpc) is 3.34.